The molecular weight excluding hydrogens is 420 g/mol. The monoisotopic (exact) mass is 462 g/mol. The van der Waals surface area contributed by atoms with E-state index in [1.54, 1.807) is 0 Å². The molecule has 0 spiro atoms. The van der Waals surface area contributed by atoms with Crippen molar-refractivity contribution in [3.63, 3.8) is 0 Å². The normalized spacial score (nSPS) is 18.6. The number of aryl methyl sites for hydroxylation is 2. The van der Waals surface area contributed by atoms with Crippen LogP contribution in [0.15, 0.2) is 48.5 Å². The summed E-state index contributed by atoms with van der Waals surface area (Å²) >= 11 is 0. The Morgan fingerprint density at radius 3 is 1.32 bits per heavy atom. The predicted molar refractivity (Wildman–Crippen MR) is 138 cm³/mol. The van der Waals surface area contributed by atoms with E-state index in [4.69, 9.17) is 9.47 Å². The average molecular weight is 463 g/mol. The van der Waals surface area contributed by atoms with Crippen LogP contribution < -0.4 is 0 Å². The molecule has 4 rings (SSSR count). The molecule has 184 valence electrons. The van der Waals surface area contributed by atoms with Crippen molar-refractivity contribution >= 4 is 6.16 Å². The zero-order valence-corrected chi connectivity index (χ0v) is 21.2. The minimum Gasteiger partial charge on any atom is -0.423 e. The van der Waals surface area contributed by atoms with Crippen molar-refractivity contribution in [1.82, 2.24) is 0 Å². The summed E-state index contributed by atoms with van der Waals surface area (Å²) in [5, 5.41) is 0. The highest BCUT2D eigenvalue weighted by Gasteiger charge is 2.44. The van der Waals surface area contributed by atoms with Gasteiger partial charge < -0.3 is 9.47 Å². The minimum atomic E-state index is -0.551. The third kappa shape index (κ3) is 5.67. The van der Waals surface area contributed by atoms with Crippen molar-refractivity contribution in [3.05, 3.63) is 70.8 Å². The Kier molecular flexibility index (Phi) is 8.34. The SMILES string of the molecule is CCCCc1ccc(C2(OC(=O)OC3(c4ccc(CCCC)cc4)CCCC3)CCCC2)cc1. The molecular formula is C31H42O3. The first kappa shape index (κ1) is 24.8. The molecule has 2 saturated carbocycles. The quantitative estimate of drug-likeness (QED) is 0.331. The number of unbranched alkanes of at least 4 members (excludes halogenated alkanes) is 2. The number of carbonyl (C=O) groups is 1. The number of benzene rings is 2. The van der Waals surface area contributed by atoms with Crippen LogP contribution in [0.4, 0.5) is 4.79 Å². The van der Waals surface area contributed by atoms with Crippen LogP contribution in [-0.2, 0) is 33.5 Å². The number of hydrogen-bond donors (Lipinski definition) is 0. The molecule has 0 saturated heterocycles. The summed E-state index contributed by atoms with van der Waals surface area (Å²) in [7, 11) is 0. The molecule has 2 aromatic carbocycles. The van der Waals surface area contributed by atoms with Gasteiger partial charge in [0, 0.05) is 0 Å². The van der Waals surface area contributed by atoms with Crippen LogP contribution in [0.5, 0.6) is 0 Å². The Hall–Kier alpha value is -2.29. The van der Waals surface area contributed by atoms with Gasteiger partial charge in [0.25, 0.3) is 0 Å². The van der Waals surface area contributed by atoms with Crippen LogP contribution in [0, 0.1) is 0 Å². The second-order valence-electron chi connectivity index (χ2n) is 10.5. The third-order valence-corrected chi connectivity index (χ3v) is 7.98. The summed E-state index contributed by atoms with van der Waals surface area (Å²) in [4.78, 5) is 13.3. The maximum Gasteiger partial charge on any atom is 0.510 e. The fourth-order valence-corrected chi connectivity index (χ4v) is 5.84. The van der Waals surface area contributed by atoms with Gasteiger partial charge in [0.05, 0.1) is 0 Å². The molecule has 2 aliphatic rings. The molecule has 0 radical (unpaired) electrons. The lowest BCUT2D eigenvalue weighted by Gasteiger charge is -2.34. The molecule has 0 aliphatic heterocycles. The van der Waals surface area contributed by atoms with Crippen molar-refractivity contribution in [1.29, 1.82) is 0 Å². The predicted octanol–water partition coefficient (Wildman–Crippen LogP) is 8.76. The van der Waals surface area contributed by atoms with E-state index in [-0.39, 0.29) is 0 Å². The number of carbonyl (C=O) groups excluding carboxylic acids is 1. The van der Waals surface area contributed by atoms with Crippen LogP contribution in [-0.4, -0.2) is 6.16 Å². The van der Waals surface area contributed by atoms with E-state index in [2.05, 4.69) is 62.4 Å². The highest BCUT2D eigenvalue weighted by atomic mass is 16.7. The van der Waals surface area contributed by atoms with E-state index < -0.39 is 17.4 Å². The summed E-state index contributed by atoms with van der Waals surface area (Å²) in [5.74, 6) is 0. The average Bonchev–Trinajstić information content (AvgIpc) is 3.53. The van der Waals surface area contributed by atoms with Crippen LogP contribution in [0.2, 0.25) is 0 Å². The van der Waals surface area contributed by atoms with Gasteiger partial charge in [-0.25, -0.2) is 4.79 Å². The van der Waals surface area contributed by atoms with Gasteiger partial charge in [-0.3, -0.25) is 0 Å². The molecule has 0 aromatic heterocycles. The first-order valence-electron chi connectivity index (χ1n) is 13.7. The minimum absolute atomic E-state index is 0.506. The lowest BCUT2D eigenvalue weighted by atomic mass is 9.90. The van der Waals surface area contributed by atoms with Gasteiger partial charge in [-0.15, -0.1) is 0 Å². The molecule has 2 fully saturated rings. The fraction of sp³-hybridized carbons (Fsp3) is 0.581. The van der Waals surface area contributed by atoms with Crippen LogP contribution in [0.25, 0.3) is 0 Å². The van der Waals surface area contributed by atoms with E-state index in [1.165, 1.54) is 36.8 Å². The molecule has 0 heterocycles. The Labute approximate surface area is 206 Å². The third-order valence-electron chi connectivity index (χ3n) is 7.98. The van der Waals surface area contributed by atoms with Gasteiger partial charge in [-0.05, 0) is 99.3 Å². The number of ether oxygens (including phenoxy) is 2. The Morgan fingerprint density at radius 1 is 0.647 bits per heavy atom. The Morgan fingerprint density at radius 2 is 1.00 bits per heavy atom. The van der Waals surface area contributed by atoms with E-state index >= 15 is 0 Å². The van der Waals surface area contributed by atoms with Crippen LogP contribution >= 0.6 is 0 Å². The number of rotatable bonds is 10. The zero-order chi connectivity index (χ0) is 23.9. The van der Waals surface area contributed by atoms with E-state index in [0.29, 0.717) is 0 Å². The Bertz CT molecular complexity index is 825. The highest BCUT2D eigenvalue weighted by molar-refractivity contribution is 5.62. The van der Waals surface area contributed by atoms with Gasteiger partial charge in [-0.2, -0.15) is 0 Å². The first-order valence-corrected chi connectivity index (χ1v) is 13.7. The molecule has 0 amide bonds. The second kappa shape index (κ2) is 11.4. The summed E-state index contributed by atoms with van der Waals surface area (Å²) in [6, 6.07) is 17.5. The van der Waals surface area contributed by atoms with Gasteiger partial charge in [-0.1, -0.05) is 75.2 Å². The lowest BCUT2D eigenvalue weighted by Crippen LogP contribution is -2.35. The smallest absolute Gasteiger partial charge is 0.423 e. The van der Waals surface area contributed by atoms with Crippen LogP contribution in [0.1, 0.15) is 113 Å². The van der Waals surface area contributed by atoms with Gasteiger partial charge in [0.1, 0.15) is 11.2 Å². The van der Waals surface area contributed by atoms with Crippen molar-refractivity contribution in [2.45, 2.75) is 115 Å². The maximum atomic E-state index is 13.3. The van der Waals surface area contributed by atoms with Gasteiger partial charge in [0.2, 0.25) is 0 Å². The van der Waals surface area contributed by atoms with Crippen LogP contribution in [0.3, 0.4) is 0 Å². The molecule has 0 unspecified atom stereocenters. The second-order valence-corrected chi connectivity index (χ2v) is 10.5. The summed E-state index contributed by atoms with van der Waals surface area (Å²) in [5.41, 5.74) is 3.84. The molecule has 0 atom stereocenters. The molecule has 2 aromatic rings. The fourth-order valence-electron chi connectivity index (χ4n) is 5.84. The summed E-state index contributed by atoms with van der Waals surface area (Å²) < 4.78 is 12.5. The van der Waals surface area contributed by atoms with Gasteiger partial charge >= 0.3 is 6.16 Å². The maximum absolute atomic E-state index is 13.3. The summed E-state index contributed by atoms with van der Waals surface area (Å²) in [6.07, 6.45) is 14.3. The van der Waals surface area contributed by atoms with Gasteiger partial charge in [0.15, 0.2) is 0 Å². The lowest BCUT2D eigenvalue weighted by molar-refractivity contribution is -0.0836. The molecule has 0 bridgehead atoms. The van der Waals surface area contributed by atoms with Crippen molar-refractivity contribution in [3.8, 4) is 0 Å². The topological polar surface area (TPSA) is 35.5 Å². The molecule has 0 N–H and O–H groups in total. The summed E-state index contributed by atoms with van der Waals surface area (Å²) in [6.45, 7) is 4.44. The van der Waals surface area contributed by atoms with Crippen molar-refractivity contribution in [2.75, 3.05) is 0 Å². The molecule has 2 aliphatic carbocycles. The molecule has 3 heteroatoms. The highest BCUT2D eigenvalue weighted by Crippen LogP contribution is 2.46. The van der Waals surface area contributed by atoms with Crippen molar-refractivity contribution in [2.24, 2.45) is 0 Å². The largest absolute Gasteiger partial charge is 0.510 e. The van der Waals surface area contributed by atoms with Crippen molar-refractivity contribution < 1.29 is 14.3 Å². The van der Waals surface area contributed by atoms with E-state index in [0.717, 1.165) is 75.3 Å². The van der Waals surface area contributed by atoms with E-state index in [1.807, 2.05) is 0 Å². The Balaban J connectivity index is 1.48. The first-order chi connectivity index (χ1) is 16.6. The van der Waals surface area contributed by atoms with E-state index in [9.17, 15) is 4.79 Å². The molecule has 3 nitrogen and oxygen atoms in total. The zero-order valence-electron chi connectivity index (χ0n) is 21.2. The molecule has 34 heavy (non-hydrogen) atoms. The standard InChI is InChI=1S/C31H42O3/c1-3-5-11-25-13-17-27(18-14-25)30(21-7-8-22-30)33-29(32)34-31(23-9-10-24-31)28-19-15-26(16-20-28)12-6-4-2/h13-20H,3-12,21-24H2,1-2H3. The number of hydrogen-bond acceptors (Lipinski definition) is 3.